The lowest BCUT2D eigenvalue weighted by atomic mass is 10.2. The van der Waals surface area contributed by atoms with Crippen molar-refractivity contribution >= 4 is 5.91 Å². The fourth-order valence-corrected chi connectivity index (χ4v) is 2.97. The molecule has 1 saturated carbocycles. The Balaban J connectivity index is 1.46. The monoisotopic (exact) mass is 347 g/mol. The molecule has 0 unspecified atom stereocenters. The molecule has 0 atom stereocenters. The standard InChI is InChI=1S/C16H21N5O4/c1-20-12-8-21(13(22)9-24-6-5-23-2)7-11(12)14(18-20)16-17-15(19-25-16)10-3-4-10/h10H,3-9H2,1-2H3. The van der Waals surface area contributed by atoms with Gasteiger partial charge in [-0.3, -0.25) is 9.48 Å². The molecular weight excluding hydrogens is 326 g/mol. The summed E-state index contributed by atoms with van der Waals surface area (Å²) in [5, 5.41) is 8.56. The number of amides is 1. The number of hydrogen-bond acceptors (Lipinski definition) is 7. The van der Waals surface area contributed by atoms with E-state index in [2.05, 4.69) is 15.2 Å². The van der Waals surface area contributed by atoms with Crippen molar-refractivity contribution in [1.82, 2.24) is 24.8 Å². The zero-order chi connectivity index (χ0) is 17.4. The minimum Gasteiger partial charge on any atom is -0.382 e. The van der Waals surface area contributed by atoms with E-state index in [1.807, 2.05) is 7.05 Å². The lowest BCUT2D eigenvalue weighted by Gasteiger charge is -2.16. The number of hydrogen-bond donors (Lipinski definition) is 0. The molecule has 0 N–H and O–H groups in total. The van der Waals surface area contributed by atoms with Gasteiger partial charge in [-0.05, 0) is 12.8 Å². The lowest BCUT2D eigenvalue weighted by Crippen LogP contribution is -2.30. The third-order valence-electron chi connectivity index (χ3n) is 4.56. The number of aryl methyl sites for hydroxylation is 1. The molecule has 4 rings (SSSR count). The van der Waals surface area contributed by atoms with E-state index in [1.165, 1.54) is 0 Å². The normalized spacial score (nSPS) is 16.5. The summed E-state index contributed by atoms with van der Waals surface area (Å²) in [6.45, 7) is 1.91. The highest BCUT2D eigenvalue weighted by Gasteiger charge is 2.34. The van der Waals surface area contributed by atoms with Crippen molar-refractivity contribution in [2.24, 2.45) is 7.05 Å². The molecule has 0 aromatic carbocycles. The number of aromatic nitrogens is 4. The van der Waals surface area contributed by atoms with Gasteiger partial charge in [0, 0.05) is 25.6 Å². The van der Waals surface area contributed by atoms with Gasteiger partial charge in [0.05, 0.1) is 32.0 Å². The van der Waals surface area contributed by atoms with Gasteiger partial charge in [0.25, 0.3) is 5.89 Å². The summed E-state index contributed by atoms with van der Waals surface area (Å²) in [5.41, 5.74) is 2.64. The number of methoxy groups -OCH3 is 1. The predicted molar refractivity (Wildman–Crippen MR) is 85.4 cm³/mol. The maximum atomic E-state index is 12.3. The molecule has 2 aromatic heterocycles. The number of nitrogens with zero attached hydrogens (tertiary/aromatic N) is 5. The Kier molecular flexibility index (Phi) is 4.26. The summed E-state index contributed by atoms with van der Waals surface area (Å²) in [7, 11) is 3.46. The van der Waals surface area contributed by atoms with Crippen LogP contribution in [0.2, 0.25) is 0 Å². The van der Waals surface area contributed by atoms with Crippen molar-refractivity contribution in [3.05, 3.63) is 17.1 Å². The van der Waals surface area contributed by atoms with Crippen molar-refractivity contribution in [2.45, 2.75) is 31.8 Å². The molecule has 2 aliphatic rings. The van der Waals surface area contributed by atoms with Crippen molar-refractivity contribution < 1.29 is 18.8 Å². The largest absolute Gasteiger partial charge is 0.382 e. The van der Waals surface area contributed by atoms with E-state index in [4.69, 9.17) is 14.0 Å². The van der Waals surface area contributed by atoms with E-state index in [9.17, 15) is 4.79 Å². The van der Waals surface area contributed by atoms with Gasteiger partial charge in [0.1, 0.15) is 6.61 Å². The van der Waals surface area contributed by atoms with Crippen LogP contribution in [0.3, 0.4) is 0 Å². The van der Waals surface area contributed by atoms with E-state index in [-0.39, 0.29) is 12.5 Å². The number of ether oxygens (including phenoxy) is 2. The second kappa shape index (κ2) is 6.57. The summed E-state index contributed by atoms with van der Waals surface area (Å²) in [6, 6.07) is 0. The van der Waals surface area contributed by atoms with Gasteiger partial charge in [-0.15, -0.1) is 0 Å². The maximum absolute atomic E-state index is 12.3. The molecule has 1 aliphatic heterocycles. The summed E-state index contributed by atoms with van der Waals surface area (Å²) in [5.74, 6) is 1.57. The number of carbonyl (C=O) groups excluding carboxylic acids is 1. The Labute approximate surface area is 144 Å². The maximum Gasteiger partial charge on any atom is 0.278 e. The van der Waals surface area contributed by atoms with E-state index in [0.717, 1.165) is 29.9 Å². The minimum absolute atomic E-state index is 0.0481. The second-order valence-electron chi connectivity index (χ2n) is 6.42. The first-order valence-electron chi connectivity index (χ1n) is 8.40. The lowest BCUT2D eigenvalue weighted by molar-refractivity contribution is -0.137. The molecule has 3 heterocycles. The summed E-state index contributed by atoms with van der Waals surface area (Å²) < 4.78 is 17.4. The Bertz CT molecular complexity index is 780. The molecule has 134 valence electrons. The van der Waals surface area contributed by atoms with Crippen molar-refractivity contribution in [3.63, 3.8) is 0 Å². The summed E-state index contributed by atoms with van der Waals surface area (Å²) >= 11 is 0. The smallest absolute Gasteiger partial charge is 0.278 e. The zero-order valence-corrected chi connectivity index (χ0v) is 14.4. The Morgan fingerprint density at radius 3 is 2.92 bits per heavy atom. The number of fused-ring (bicyclic) bond motifs is 1. The van der Waals surface area contributed by atoms with Crippen molar-refractivity contribution in [3.8, 4) is 11.6 Å². The fourth-order valence-electron chi connectivity index (χ4n) is 2.97. The highest BCUT2D eigenvalue weighted by molar-refractivity contribution is 5.78. The second-order valence-corrected chi connectivity index (χ2v) is 6.42. The third-order valence-corrected chi connectivity index (χ3v) is 4.56. The molecule has 1 fully saturated rings. The van der Waals surface area contributed by atoms with E-state index in [0.29, 0.717) is 43.8 Å². The molecule has 0 radical (unpaired) electrons. The third kappa shape index (κ3) is 3.16. The van der Waals surface area contributed by atoms with Crippen molar-refractivity contribution in [2.75, 3.05) is 26.9 Å². The fraction of sp³-hybridized carbons (Fsp3) is 0.625. The molecule has 25 heavy (non-hydrogen) atoms. The van der Waals surface area contributed by atoms with Crippen LogP contribution in [0.15, 0.2) is 4.52 Å². The van der Waals surface area contributed by atoms with Crippen LogP contribution in [0.25, 0.3) is 11.6 Å². The minimum atomic E-state index is -0.0533. The van der Waals surface area contributed by atoms with Gasteiger partial charge < -0.3 is 18.9 Å². The molecule has 0 spiro atoms. The van der Waals surface area contributed by atoms with Crippen LogP contribution < -0.4 is 0 Å². The Hall–Kier alpha value is -2.26. The van der Waals surface area contributed by atoms with Gasteiger partial charge in [0.2, 0.25) is 5.91 Å². The molecule has 2 aromatic rings. The van der Waals surface area contributed by atoms with E-state index < -0.39 is 0 Å². The van der Waals surface area contributed by atoms with E-state index >= 15 is 0 Å². The highest BCUT2D eigenvalue weighted by atomic mass is 16.5. The first kappa shape index (κ1) is 16.2. The van der Waals surface area contributed by atoms with Crippen LogP contribution in [-0.2, 0) is 34.4 Å². The van der Waals surface area contributed by atoms with Crippen LogP contribution in [0.4, 0.5) is 0 Å². The van der Waals surface area contributed by atoms with Gasteiger partial charge >= 0.3 is 0 Å². The van der Waals surface area contributed by atoms with Gasteiger partial charge in [-0.1, -0.05) is 5.16 Å². The first-order valence-corrected chi connectivity index (χ1v) is 8.40. The zero-order valence-electron chi connectivity index (χ0n) is 14.4. The number of carbonyl (C=O) groups is 1. The molecule has 1 amide bonds. The molecular formula is C16H21N5O4. The SMILES string of the molecule is COCCOCC(=O)N1Cc2c(-c3nc(C4CC4)no3)nn(C)c2C1. The number of rotatable bonds is 7. The summed E-state index contributed by atoms with van der Waals surface area (Å²) in [4.78, 5) is 18.5. The van der Waals surface area contributed by atoms with Gasteiger partial charge in [0.15, 0.2) is 11.5 Å². The molecule has 9 heteroatoms. The van der Waals surface area contributed by atoms with Crippen LogP contribution in [0.5, 0.6) is 0 Å². The van der Waals surface area contributed by atoms with Crippen LogP contribution in [0.1, 0.15) is 35.8 Å². The summed E-state index contributed by atoms with van der Waals surface area (Å²) in [6.07, 6.45) is 2.23. The van der Waals surface area contributed by atoms with Gasteiger partial charge in [-0.2, -0.15) is 10.1 Å². The van der Waals surface area contributed by atoms with Crippen molar-refractivity contribution in [1.29, 1.82) is 0 Å². The van der Waals surface area contributed by atoms with Crippen LogP contribution in [-0.4, -0.2) is 57.7 Å². The molecule has 1 aliphatic carbocycles. The quantitative estimate of drug-likeness (QED) is 0.685. The topological polar surface area (TPSA) is 95.5 Å². The first-order chi connectivity index (χ1) is 12.2. The average molecular weight is 347 g/mol. The van der Waals surface area contributed by atoms with Crippen LogP contribution in [0, 0.1) is 0 Å². The van der Waals surface area contributed by atoms with Gasteiger partial charge in [-0.25, -0.2) is 0 Å². The molecule has 9 nitrogen and oxygen atoms in total. The Morgan fingerprint density at radius 2 is 2.16 bits per heavy atom. The predicted octanol–water partition coefficient (Wildman–Crippen LogP) is 0.853. The molecule has 0 saturated heterocycles. The molecule has 0 bridgehead atoms. The van der Waals surface area contributed by atoms with Crippen LogP contribution >= 0.6 is 0 Å². The highest BCUT2D eigenvalue weighted by Crippen LogP contribution is 2.39. The van der Waals surface area contributed by atoms with E-state index in [1.54, 1.807) is 16.7 Å². The average Bonchev–Trinajstić information content (AvgIpc) is 3.06. The Morgan fingerprint density at radius 1 is 1.32 bits per heavy atom.